The number of rotatable bonds is 20. The van der Waals surface area contributed by atoms with Gasteiger partial charge in [0, 0.05) is 155 Å². The summed E-state index contributed by atoms with van der Waals surface area (Å²) >= 11 is 0. The fourth-order valence-corrected chi connectivity index (χ4v) is 20.8. The van der Waals surface area contributed by atoms with Crippen LogP contribution in [0.1, 0.15) is 228 Å². The van der Waals surface area contributed by atoms with Crippen molar-refractivity contribution >= 4 is 35.6 Å². The number of nitrogens with one attached hydrogen (secondary N) is 2. The molecule has 0 aromatic heterocycles. The number of esters is 2. The predicted molar refractivity (Wildman–Crippen MR) is 465 cm³/mol. The van der Waals surface area contributed by atoms with Crippen LogP contribution in [-0.4, -0.2) is 395 Å². The van der Waals surface area contributed by atoms with Crippen LogP contribution in [0.4, 0.5) is 0 Å². The van der Waals surface area contributed by atoms with Crippen molar-refractivity contribution in [2.45, 2.75) is 403 Å². The first-order chi connectivity index (χ1) is 59.6. The van der Waals surface area contributed by atoms with E-state index in [9.17, 15) is 79.8 Å². The van der Waals surface area contributed by atoms with Crippen molar-refractivity contribution < 1.29 is 147 Å². The molecule has 0 aromatic rings. The molecular formula is C90H162N8O30. The number of hydrogen-bond acceptors (Lipinski definition) is 34. The minimum atomic E-state index is -1.87. The highest BCUT2D eigenvalue weighted by atomic mass is 16.7. The molecule has 38 heteroatoms. The van der Waals surface area contributed by atoms with Crippen LogP contribution in [0.2, 0.25) is 0 Å². The highest BCUT2D eigenvalue weighted by Gasteiger charge is 2.57. The van der Waals surface area contributed by atoms with Gasteiger partial charge < -0.3 is 128 Å². The number of carbonyl (C=O) groups excluding carboxylic acids is 6. The summed E-state index contributed by atoms with van der Waals surface area (Å²) in [5.74, 6) is -6.59. The van der Waals surface area contributed by atoms with Crippen molar-refractivity contribution in [2.24, 2.45) is 29.6 Å². The topological polar surface area (TPSA) is 499 Å². The van der Waals surface area contributed by atoms with E-state index in [-0.39, 0.29) is 99.2 Å². The summed E-state index contributed by atoms with van der Waals surface area (Å²) in [7, 11) is 6.60. The van der Waals surface area contributed by atoms with Crippen molar-refractivity contribution in [2.75, 3.05) is 93.8 Å². The molecular weight excluding hydrogens is 1670 g/mol. The molecule has 4 amide bonds. The third-order valence-corrected chi connectivity index (χ3v) is 28.8. The van der Waals surface area contributed by atoms with Crippen LogP contribution in [-0.2, 0) is 85.6 Å². The largest absolute Gasteiger partial charge is 0.468 e. The van der Waals surface area contributed by atoms with Gasteiger partial charge in [-0.05, 0) is 168 Å². The van der Waals surface area contributed by atoms with E-state index in [4.69, 9.17) is 67.3 Å². The molecule has 8 heterocycles. The Morgan fingerprint density at radius 2 is 0.945 bits per heavy atom. The van der Waals surface area contributed by atoms with E-state index in [1.807, 2.05) is 63.4 Å². The molecule has 128 heavy (non-hydrogen) atoms. The zero-order valence-corrected chi connectivity index (χ0v) is 80.5. The second-order valence-electron chi connectivity index (χ2n) is 39.6. The molecule has 0 saturated carbocycles. The van der Waals surface area contributed by atoms with E-state index < -0.39 is 216 Å². The van der Waals surface area contributed by atoms with Crippen molar-refractivity contribution in [3.63, 3.8) is 0 Å². The van der Waals surface area contributed by atoms with Crippen LogP contribution < -0.4 is 11.0 Å². The third-order valence-electron chi connectivity index (χ3n) is 28.8. The predicted octanol–water partition coefficient (Wildman–Crippen LogP) is 2.59. The van der Waals surface area contributed by atoms with Gasteiger partial charge in [-0.2, -0.15) is 0 Å². The molecule has 742 valence electrons. The number of cyclic esters (lactones) is 2. The van der Waals surface area contributed by atoms with Crippen molar-refractivity contribution in [1.29, 1.82) is 0 Å². The normalized spacial score (nSPS) is 43.7. The second-order valence-corrected chi connectivity index (χ2v) is 39.6. The van der Waals surface area contributed by atoms with E-state index >= 15 is 0 Å². The van der Waals surface area contributed by atoms with E-state index in [0.29, 0.717) is 91.1 Å². The Bertz CT molecular complexity index is 3570. The highest BCUT2D eigenvalue weighted by molar-refractivity contribution is 5.88. The van der Waals surface area contributed by atoms with Gasteiger partial charge in [0.1, 0.15) is 59.7 Å². The van der Waals surface area contributed by atoms with Crippen LogP contribution >= 0.6 is 0 Å². The Balaban J connectivity index is 0.000000351. The summed E-state index contributed by atoms with van der Waals surface area (Å²) in [4.78, 5) is 89.4. The van der Waals surface area contributed by atoms with Crippen LogP contribution in [0.15, 0.2) is 11.3 Å². The minimum Gasteiger partial charge on any atom is -0.468 e. The molecule has 0 aromatic carbocycles. The number of hydrogen-bond donors (Lipinski definition) is 14. The summed E-state index contributed by atoms with van der Waals surface area (Å²) in [6.07, 6.45) is -17.0. The highest BCUT2D eigenvalue weighted by Crippen LogP contribution is 2.45. The van der Waals surface area contributed by atoms with Crippen LogP contribution in [0.25, 0.3) is 0 Å². The van der Waals surface area contributed by atoms with E-state index in [0.717, 1.165) is 0 Å². The molecule has 7 saturated heterocycles. The van der Waals surface area contributed by atoms with E-state index in [2.05, 4.69) is 4.90 Å². The Hall–Kier alpha value is -4.64. The fourth-order valence-electron chi connectivity index (χ4n) is 20.8. The molecule has 8 aliphatic rings. The molecule has 7 fully saturated rings. The Morgan fingerprint density at radius 3 is 1.43 bits per heavy atom. The number of carbonyl (C=O) groups is 6. The summed E-state index contributed by atoms with van der Waals surface area (Å²) in [6.45, 7) is 38.6. The van der Waals surface area contributed by atoms with E-state index in [1.54, 1.807) is 104 Å². The number of nitrogens with zero attached hydrogens (tertiary/aromatic N) is 6. The monoisotopic (exact) mass is 1840 g/mol. The zero-order chi connectivity index (χ0) is 96.1. The first kappa shape index (κ1) is 110. The van der Waals surface area contributed by atoms with E-state index in [1.165, 1.54) is 35.0 Å². The molecule has 34 atom stereocenters. The van der Waals surface area contributed by atoms with Gasteiger partial charge in [0.15, 0.2) is 18.9 Å². The molecule has 2 unspecified atom stereocenters. The lowest BCUT2D eigenvalue weighted by atomic mass is 9.77. The van der Waals surface area contributed by atoms with Gasteiger partial charge in [0.25, 0.3) is 0 Å². The number of amides is 4. The van der Waals surface area contributed by atoms with Crippen LogP contribution in [0, 0.1) is 29.6 Å². The van der Waals surface area contributed by atoms with Crippen LogP contribution in [0.3, 0.4) is 0 Å². The lowest BCUT2D eigenvalue weighted by Gasteiger charge is -2.49. The molecule has 0 bridgehead atoms. The maximum absolute atomic E-state index is 14.5. The zero-order valence-electron chi connectivity index (χ0n) is 80.5. The maximum Gasteiger partial charge on any atom is 0.337 e. The van der Waals surface area contributed by atoms with Crippen molar-refractivity contribution in [3.8, 4) is 0 Å². The van der Waals surface area contributed by atoms with Crippen molar-refractivity contribution in [1.82, 2.24) is 40.4 Å². The second kappa shape index (κ2) is 47.2. The Morgan fingerprint density at radius 1 is 0.508 bits per heavy atom. The number of ether oxygens (including phenoxy) is 12. The first-order valence-electron chi connectivity index (χ1n) is 46.4. The Labute approximate surface area is 757 Å². The number of methoxy groups -OCH3 is 2. The minimum absolute atomic E-state index is 0.0211. The van der Waals surface area contributed by atoms with Gasteiger partial charge >= 0.3 is 11.9 Å². The van der Waals surface area contributed by atoms with Crippen LogP contribution in [0.5, 0.6) is 0 Å². The maximum atomic E-state index is 14.5. The van der Waals surface area contributed by atoms with Gasteiger partial charge in [-0.3, -0.25) is 44.2 Å². The molecule has 0 spiro atoms. The smallest absolute Gasteiger partial charge is 0.337 e. The average molecular weight is 1840 g/mol. The number of aliphatic hydroxyl groups excluding tert-OH is 6. The summed E-state index contributed by atoms with van der Waals surface area (Å²) in [6, 6.07) is -2.39. The fraction of sp³-hybridized carbons (Fsp3) is 0.911. The molecule has 8 aliphatic heterocycles. The standard InChI is InChI=1S/C45H82N4O15.C45H80N4O15/c1-13-32-45(10,57)38(53)29(6)47(11)24-25(2)22-43(8,56)40(27(4)37(28(5)41(55)62-32)63-35-23-44(9,59-12)39(54)30(7)61-35)64-42-36(31(50)21-26(3)60-42)49-18-14-17-48(19-20-49)34(52)16-15-33(51)46-58;1-13-32-45(10,57)38(53)29(6)47(11)24-25(2)22-43(8,56)40(27(4)37(28(5)41(55)62-32)63-35-23-44(9,59-12)39(54)30(7)61-35)64-42-36(52)31(21-26(3)60-42)48-17-14-18-49(20-19-48)34(51)16-15-33(50)46-58/h25-32,35-40,42,50,53-54,56-58H,13-24H2,1-12H3,(H,46,51);25-27,29-32,35-36,38-40,42,52-54,56-58H,13-24H2,1-12H3,(H,46,50)/b;37-28+/t25-,26-,27+,28-,29-,30+,31?,32-,35+,36+,37+,38-,39+,40-,42+,43-,44-,45-;25-,26-,27+,29-,30+,31?,32-,35+,36-,38-,39+,40-,42+,43-,44-,45-/m11/s1. The number of hydroxylamine groups is 2. The summed E-state index contributed by atoms with van der Waals surface area (Å²) in [5, 5.41) is 136. The van der Waals surface area contributed by atoms with Gasteiger partial charge in [-0.25, -0.2) is 15.8 Å². The molecule has 0 aliphatic carbocycles. The molecule has 14 N–H and O–H groups in total. The SMILES string of the molecule is CC[C@H]1OC(=O)/C(C)=C(/O[C@H]2C[C@@](C)(OC)[C@@H](O)[C@H](C)O2)[C@H](C)[C@@H](O[C@@H]2O[C@H](C)CC(N3CCCN(C(=O)CCC(=O)NO)CC3)[C@H]2O)[C@](C)(O)C[C@@H](C)CN(C)[C@H](C)[C@@H](O)[C@]1(C)O.CC[C@H]1OC(=O)[C@H](C)[C@@H](O[C@H]2C[C@@](C)(OC)[C@@H](O)[C@H](C)O2)[C@H](C)[C@@H](O[C@@H]2O[C@H](C)CC(O)[C@@H]2N2CCCN(C(=O)CCC(=O)NO)CC2)[C@](C)(O)C[C@@H](C)CN(C)[C@H](C)[C@@H](O)[C@]1(C)O. The summed E-state index contributed by atoms with van der Waals surface area (Å²) in [5.41, 5.74) is -6.14. The molecule has 38 nitrogen and oxygen atoms in total. The number of likely N-dealkylation sites (N-methyl/N-ethyl adjacent to an activating group) is 2. The molecule has 8 rings (SSSR count). The van der Waals surface area contributed by atoms with Gasteiger partial charge in [0.2, 0.25) is 29.9 Å². The van der Waals surface area contributed by atoms with Gasteiger partial charge in [-0.1, -0.05) is 41.5 Å². The summed E-state index contributed by atoms with van der Waals surface area (Å²) < 4.78 is 76.4. The average Bonchev–Trinajstić information content (AvgIpc) is 1.03. The molecule has 0 radical (unpaired) electrons. The van der Waals surface area contributed by atoms with Gasteiger partial charge in [0.05, 0.1) is 88.8 Å². The Kier molecular flexibility index (Phi) is 40.7. The van der Waals surface area contributed by atoms with Crippen molar-refractivity contribution in [3.05, 3.63) is 11.3 Å². The quantitative estimate of drug-likeness (QED) is 0.0473. The lowest BCUT2D eigenvalue weighted by Crippen LogP contribution is -2.62. The van der Waals surface area contributed by atoms with Gasteiger partial charge in [-0.15, -0.1) is 0 Å². The number of aliphatic hydroxyl groups is 10. The third kappa shape index (κ3) is 27.4. The lowest BCUT2D eigenvalue weighted by molar-refractivity contribution is -0.315. The first-order valence-corrected chi connectivity index (χ1v) is 46.4.